The molecule has 0 radical (unpaired) electrons. The Hall–Kier alpha value is -4.01. The van der Waals surface area contributed by atoms with E-state index in [0.29, 0.717) is 60.6 Å². The molecule has 0 atom stereocenters. The Bertz CT molecular complexity index is 2110. The predicted octanol–water partition coefficient (Wildman–Crippen LogP) is 7.82. The summed E-state index contributed by atoms with van der Waals surface area (Å²) in [7, 11) is -3.27. The van der Waals surface area contributed by atoms with Crippen molar-refractivity contribution in [1.82, 2.24) is 18.7 Å². The molecular weight excluding hydrogens is 660 g/mol. The zero-order valence-corrected chi connectivity index (χ0v) is 27.2. The average Bonchev–Trinajstić information content (AvgIpc) is 3.63. The number of carbonyl (C=O) groups excluding carboxylic acids is 1. The van der Waals surface area contributed by atoms with Gasteiger partial charge in [0.15, 0.2) is 0 Å². The third kappa shape index (κ3) is 6.21. The van der Waals surface area contributed by atoms with Crippen molar-refractivity contribution in [3.63, 3.8) is 0 Å². The summed E-state index contributed by atoms with van der Waals surface area (Å²) in [5.74, 6) is -3.33. The van der Waals surface area contributed by atoms with Crippen LogP contribution >= 0.6 is 11.3 Å². The van der Waals surface area contributed by atoms with Gasteiger partial charge >= 0.3 is 6.18 Å². The quantitative estimate of drug-likeness (QED) is 0.129. The zero-order valence-electron chi connectivity index (χ0n) is 25.5. The van der Waals surface area contributed by atoms with Crippen LogP contribution in [0.25, 0.3) is 38.7 Å². The number of ketones is 1. The van der Waals surface area contributed by atoms with E-state index in [-0.39, 0.29) is 33.3 Å². The molecule has 3 aromatic heterocycles. The van der Waals surface area contributed by atoms with Gasteiger partial charge < -0.3 is 0 Å². The molecule has 47 heavy (non-hydrogen) atoms. The highest BCUT2D eigenvalue weighted by Gasteiger charge is 2.42. The van der Waals surface area contributed by atoms with Crippen LogP contribution in [-0.4, -0.2) is 58.4 Å². The molecule has 1 saturated heterocycles. The van der Waals surface area contributed by atoms with Crippen LogP contribution in [0.15, 0.2) is 54.7 Å². The third-order valence-electron chi connectivity index (χ3n) is 8.52. The molecule has 0 aliphatic carbocycles. The van der Waals surface area contributed by atoms with E-state index in [4.69, 9.17) is 4.98 Å². The molecule has 14 heteroatoms. The summed E-state index contributed by atoms with van der Waals surface area (Å²) in [6, 6.07) is 11.5. The standard InChI is InChI=1S/C33H29F5N4O3S2/c1-4-25-29(42-17-21(7-12-26(42)39-25)19-13-15-41(16-14-19)47(3,44)45)23-10-11-24(27(35)18(23)2)32-40-28(20-5-8-22(34)9-6-20)30(46-32)31(43)33(36,37)38/h5-12,17,19H,4,13-16H2,1-3H3. The summed E-state index contributed by atoms with van der Waals surface area (Å²) in [5, 5.41) is -0.124. The molecule has 1 aliphatic rings. The summed E-state index contributed by atoms with van der Waals surface area (Å²) in [6.45, 7) is 4.33. The Labute approximate surface area is 271 Å². The second-order valence-electron chi connectivity index (χ2n) is 11.5. The molecule has 2 aromatic carbocycles. The molecule has 5 aromatic rings. The highest BCUT2D eigenvalue weighted by atomic mass is 32.2. The van der Waals surface area contributed by atoms with E-state index in [1.807, 2.05) is 29.7 Å². The Kier molecular flexibility index (Phi) is 8.56. The van der Waals surface area contributed by atoms with Gasteiger partial charge in [-0.2, -0.15) is 13.2 Å². The van der Waals surface area contributed by atoms with Gasteiger partial charge in [0.05, 0.1) is 23.3 Å². The maximum atomic E-state index is 16.2. The van der Waals surface area contributed by atoms with Gasteiger partial charge in [-0.3, -0.25) is 9.20 Å². The predicted molar refractivity (Wildman–Crippen MR) is 170 cm³/mol. The van der Waals surface area contributed by atoms with Crippen LogP contribution < -0.4 is 0 Å². The minimum atomic E-state index is -5.19. The lowest BCUT2D eigenvalue weighted by atomic mass is 9.91. The van der Waals surface area contributed by atoms with Crippen LogP contribution in [0.4, 0.5) is 22.0 Å². The largest absolute Gasteiger partial charge is 0.455 e. The molecule has 6 rings (SSSR count). The first-order valence-corrected chi connectivity index (χ1v) is 17.5. The maximum Gasteiger partial charge on any atom is 0.455 e. The number of alkyl halides is 3. The van der Waals surface area contributed by atoms with Crippen molar-refractivity contribution >= 4 is 32.8 Å². The number of hydrogen-bond acceptors (Lipinski definition) is 6. The highest BCUT2D eigenvalue weighted by molar-refractivity contribution is 7.88. The molecule has 7 nitrogen and oxygen atoms in total. The van der Waals surface area contributed by atoms with Gasteiger partial charge in [-0.05, 0) is 79.6 Å². The first-order chi connectivity index (χ1) is 22.2. The lowest BCUT2D eigenvalue weighted by Crippen LogP contribution is -2.37. The number of Topliss-reactive ketones (excluding diaryl/α,β-unsaturated/α-hetero) is 1. The van der Waals surface area contributed by atoms with Crippen molar-refractivity contribution in [2.45, 2.75) is 45.2 Å². The number of hydrogen-bond donors (Lipinski definition) is 0. The first kappa shape index (κ1) is 32.9. The molecular formula is C33H29F5N4O3S2. The van der Waals surface area contributed by atoms with Crippen molar-refractivity contribution in [2.24, 2.45) is 0 Å². The number of rotatable bonds is 7. The number of thiazole rings is 1. The fraction of sp³-hybridized carbons (Fsp3) is 0.303. The van der Waals surface area contributed by atoms with Gasteiger partial charge in [0.1, 0.15) is 27.2 Å². The summed E-state index contributed by atoms with van der Waals surface area (Å²) < 4.78 is 97.7. The monoisotopic (exact) mass is 688 g/mol. The summed E-state index contributed by atoms with van der Waals surface area (Å²) in [5.41, 5.74) is 3.48. The van der Waals surface area contributed by atoms with Crippen molar-refractivity contribution in [1.29, 1.82) is 0 Å². The van der Waals surface area contributed by atoms with Crippen LogP contribution in [0.5, 0.6) is 0 Å². The number of carbonyl (C=O) groups is 1. The van der Waals surface area contributed by atoms with Crippen molar-refractivity contribution in [2.75, 3.05) is 19.3 Å². The number of piperidine rings is 1. The molecule has 0 spiro atoms. The maximum absolute atomic E-state index is 16.2. The van der Waals surface area contributed by atoms with Crippen LogP contribution in [0.3, 0.4) is 0 Å². The number of sulfonamides is 1. The Morgan fingerprint density at radius 1 is 0.979 bits per heavy atom. The lowest BCUT2D eigenvalue weighted by Gasteiger charge is -2.30. The first-order valence-electron chi connectivity index (χ1n) is 14.8. The van der Waals surface area contributed by atoms with Gasteiger partial charge in [-0.25, -0.2) is 31.5 Å². The van der Waals surface area contributed by atoms with Crippen LogP contribution in [0.1, 0.15) is 52.2 Å². The van der Waals surface area contributed by atoms with Crippen LogP contribution in [-0.2, 0) is 16.4 Å². The number of fused-ring (bicyclic) bond motifs is 1. The van der Waals surface area contributed by atoms with Gasteiger partial charge in [0.25, 0.3) is 5.78 Å². The van der Waals surface area contributed by atoms with E-state index in [2.05, 4.69) is 4.98 Å². The second kappa shape index (κ2) is 12.2. The molecule has 246 valence electrons. The summed E-state index contributed by atoms with van der Waals surface area (Å²) in [6.07, 6.45) is -0.196. The number of nitrogens with zero attached hydrogens (tertiary/aromatic N) is 4. The summed E-state index contributed by atoms with van der Waals surface area (Å²) >= 11 is 0.429. The minimum Gasteiger partial charge on any atom is -0.299 e. The molecule has 0 unspecified atom stereocenters. The number of aromatic nitrogens is 3. The molecule has 0 N–H and O–H groups in total. The number of aryl methyl sites for hydroxylation is 1. The summed E-state index contributed by atoms with van der Waals surface area (Å²) in [4.78, 5) is 20.7. The van der Waals surface area contributed by atoms with E-state index in [1.54, 1.807) is 13.0 Å². The molecule has 0 saturated carbocycles. The Morgan fingerprint density at radius 3 is 2.26 bits per heavy atom. The van der Waals surface area contributed by atoms with E-state index >= 15 is 4.39 Å². The van der Waals surface area contributed by atoms with E-state index in [0.717, 1.165) is 23.4 Å². The molecule has 1 fully saturated rings. The third-order valence-corrected chi connectivity index (χ3v) is 10.9. The Morgan fingerprint density at radius 2 is 1.64 bits per heavy atom. The van der Waals surface area contributed by atoms with Crippen molar-refractivity contribution in [3.8, 4) is 33.1 Å². The van der Waals surface area contributed by atoms with Crippen molar-refractivity contribution < 1.29 is 35.2 Å². The highest BCUT2D eigenvalue weighted by Crippen LogP contribution is 2.41. The van der Waals surface area contributed by atoms with Gasteiger partial charge in [-0.1, -0.05) is 19.1 Å². The SMILES string of the molecule is CCc1nc2ccc(C3CCN(S(C)(=O)=O)CC3)cn2c1-c1ccc(-c2nc(-c3ccc(F)cc3)c(C(=O)C(F)(F)F)s2)c(F)c1C. The molecule has 4 heterocycles. The average molecular weight is 689 g/mol. The van der Waals surface area contributed by atoms with E-state index in [9.17, 15) is 30.8 Å². The van der Waals surface area contributed by atoms with Gasteiger partial charge in [-0.15, -0.1) is 11.3 Å². The Balaban J connectivity index is 1.42. The minimum absolute atomic E-state index is 0.0777. The lowest BCUT2D eigenvalue weighted by molar-refractivity contribution is -0.0882. The smallest absolute Gasteiger partial charge is 0.299 e. The van der Waals surface area contributed by atoms with Crippen LogP contribution in [0, 0.1) is 18.6 Å². The van der Waals surface area contributed by atoms with Gasteiger partial charge in [0, 0.05) is 36.0 Å². The topological polar surface area (TPSA) is 84.6 Å². The normalized spacial score (nSPS) is 15.1. The van der Waals surface area contributed by atoms with Gasteiger partial charge in [0.2, 0.25) is 10.0 Å². The number of benzene rings is 2. The van der Waals surface area contributed by atoms with E-state index in [1.165, 1.54) is 28.8 Å². The fourth-order valence-electron chi connectivity index (χ4n) is 6.03. The number of pyridine rings is 1. The van der Waals surface area contributed by atoms with E-state index < -0.39 is 38.5 Å². The number of halogens is 5. The van der Waals surface area contributed by atoms with Crippen LogP contribution in [0.2, 0.25) is 0 Å². The molecule has 0 bridgehead atoms. The van der Waals surface area contributed by atoms with Crippen molar-refractivity contribution in [3.05, 3.63) is 88.1 Å². The fourth-order valence-corrected chi connectivity index (χ4v) is 7.97. The number of imidazole rings is 1. The second-order valence-corrected chi connectivity index (χ2v) is 14.5. The zero-order chi connectivity index (χ0) is 33.8. The molecule has 1 aliphatic heterocycles. The molecule has 0 amide bonds.